The number of carbonyl (C=O) groups is 1. The fourth-order valence-corrected chi connectivity index (χ4v) is 1.74. The van der Waals surface area contributed by atoms with Gasteiger partial charge < -0.3 is 4.90 Å². The van der Waals surface area contributed by atoms with Crippen LogP contribution in [-0.4, -0.2) is 24.4 Å². The van der Waals surface area contributed by atoms with Gasteiger partial charge in [0, 0.05) is 18.1 Å². The van der Waals surface area contributed by atoms with Gasteiger partial charge in [-0.25, -0.2) is 4.39 Å². The molecule has 0 heterocycles. The van der Waals surface area contributed by atoms with Crippen molar-refractivity contribution in [3.63, 3.8) is 0 Å². The van der Waals surface area contributed by atoms with E-state index in [9.17, 15) is 9.18 Å². The average Bonchev–Trinajstić information content (AvgIpc) is 2.28. The Morgan fingerprint density at radius 1 is 1.65 bits per heavy atom. The van der Waals surface area contributed by atoms with E-state index in [-0.39, 0.29) is 18.0 Å². The van der Waals surface area contributed by atoms with Gasteiger partial charge in [0.2, 0.25) is 0 Å². The summed E-state index contributed by atoms with van der Waals surface area (Å²) in [7, 11) is 1.55. The molecule has 0 N–H and O–H groups in total. The molecule has 0 saturated carbocycles. The number of nitrogens with zero attached hydrogens (tertiary/aromatic N) is 2. The number of hydrogen-bond acceptors (Lipinski definition) is 2. The Balaban J connectivity index is 2.86. The van der Waals surface area contributed by atoms with E-state index in [1.54, 1.807) is 20.0 Å². The molecule has 17 heavy (non-hydrogen) atoms. The molecule has 0 aliphatic rings. The van der Waals surface area contributed by atoms with Crippen molar-refractivity contribution in [2.45, 2.75) is 6.92 Å². The van der Waals surface area contributed by atoms with Crippen LogP contribution in [0.15, 0.2) is 22.7 Å². The molecule has 0 radical (unpaired) electrons. The van der Waals surface area contributed by atoms with Crippen molar-refractivity contribution in [3.05, 3.63) is 34.1 Å². The lowest BCUT2D eigenvalue weighted by molar-refractivity contribution is 0.0780. The second-order valence-electron chi connectivity index (χ2n) is 3.84. The van der Waals surface area contributed by atoms with Crippen LogP contribution in [0, 0.1) is 23.1 Å². The second-order valence-corrected chi connectivity index (χ2v) is 4.76. The van der Waals surface area contributed by atoms with Crippen LogP contribution in [0.25, 0.3) is 0 Å². The van der Waals surface area contributed by atoms with Gasteiger partial charge >= 0.3 is 0 Å². The van der Waals surface area contributed by atoms with Crippen LogP contribution in [0.1, 0.15) is 17.3 Å². The van der Waals surface area contributed by atoms with Gasteiger partial charge in [0.1, 0.15) is 5.82 Å². The third-order valence-electron chi connectivity index (χ3n) is 2.28. The molecule has 0 saturated heterocycles. The quantitative estimate of drug-likeness (QED) is 0.861. The maximum absolute atomic E-state index is 13.5. The minimum Gasteiger partial charge on any atom is -0.340 e. The van der Waals surface area contributed by atoms with Gasteiger partial charge in [-0.05, 0) is 25.1 Å². The molecule has 1 atom stereocenters. The summed E-state index contributed by atoms with van der Waals surface area (Å²) < 4.78 is 14.1. The molecular weight excluding hydrogens is 287 g/mol. The first-order valence-corrected chi connectivity index (χ1v) is 5.85. The molecule has 0 aliphatic heterocycles. The van der Waals surface area contributed by atoms with E-state index >= 15 is 0 Å². The third kappa shape index (κ3) is 3.53. The van der Waals surface area contributed by atoms with E-state index in [0.717, 1.165) is 0 Å². The Kier molecular flexibility index (Phi) is 4.64. The first-order valence-electron chi connectivity index (χ1n) is 5.06. The monoisotopic (exact) mass is 298 g/mol. The van der Waals surface area contributed by atoms with Gasteiger partial charge in [-0.2, -0.15) is 5.26 Å². The minimum absolute atomic E-state index is 0.0147. The number of benzene rings is 1. The number of halogens is 2. The zero-order valence-corrected chi connectivity index (χ0v) is 11.2. The number of rotatable bonds is 3. The van der Waals surface area contributed by atoms with E-state index in [0.29, 0.717) is 4.47 Å². The highest BCUT2D eigenvalue weighted by Crippen LogP contribution is 2.16. The molecule has 5 heteroatoms. The molecule has 90 valence electrons. The van der Waals surface area contributed by atoms with Crippen molar-refractivity contribution in [2.24, 2.45) is 5.92 Å². The van der Waals surface area contributed by atoms with Crippen LogP contribution in [0.5, 0.6) is 0 Å². The number of carbonyl (C=O) groups excluding carboxylic acids is 1. The van der Waals surface area contributed by atoms with Crippen molar-refractivity contribution in [3.8, 4) is 6.07 Å². The Morgan fingerprint density at radius 2 is 2.29 bits per heavy atom. The molecule has 3 nitrogen and oxygen atoms in total. The van der Waals surface area contributed by atoms with E-state index in [2.05, 4.69) is 15.9 Å². The van der Waals surface area contributed by atoms with Gasteiger partial charge in [0.25, 0.3) is 5.91 Å². The molecule has 0 spiro atoms. The van der Waals surface area contributed by atoms with Crippen molar-refractivity contribution in [2.75, 3.05) is 13.6 Å². The van der Waals surface area contributed by atoms with E-state index in [1.807, 2.05) is 6.07 Å². The molecule has 0 aliphatic carbocycles. The van der Waals surface area contributed by atoms with Crippen LogP contribution >= 0.6 is 15.9 Å². The Morgan fingerprint density at radius 3 is 2.82 bits per heavy atom. The zero-order chi connectivity index (χ0) is 13.0. The van der Waals surface area contributed by atoms with Crippen LogP contribution in [0.2, 0.25) is 0 Å². The Bertz CT molecular complexity index is 470. The molecule has 0 fully saturated rings. The molecule has 1 aromatic rings. The lowest BCUT2D eigenvalue weighted by atomic mass is 10.1. The number of nitriles is 1. The summed E-state index contributed by atoms with van der Waals surface area (Å²) in [5.41, 5.74) is 0.0147. The second kappa shape index (κ2) is 5.78. The Labute approximate surface area is 108 Å². The number of amides is 1. The van der Waals surface area contributed by atoms with Gasteiger partial charge in [-0.1, -0.05) is 15.9 Å². The maximum atomic E-state index is 13.5. The first-order chi connectivity index (χ1) is 7.95. The van der Waals surface area contributed by atoms with Crippen LogP contribution in [-0.2, 0) is 0 Å². The number of hydrogen-bond donors (Lipinski definition) is 0. The molecule has 0 aromatic heterocycles. The maximum Gasteiger partial charge on any atom is 0.256 e. The van der Waals surface area contributed by atoms with E-state index in [4.69, 9.17) is 5.26 Å². The van der Waals surface area contributed by atoms with E-state index in [1.165, 1.54) is 17.0 Å². The van der Waals surface area contributed by atoms with Crippen molar-refractivity contribution in [1.82, 2.24) is 4.90 Å². The van der Waals surface area contributed by atoms with Gasteiger partial charge in [-0.3, -0.25) is 4.79 Å². The smallest absolute Gasteiger partial charge is 0.256 e. The first kappa shape index (κ1) is 13.7. The topological polar surface area (TPSA) is 44.1 Å². The third-order valence-corrected chi connectivity index (χ3v) is 2.77. The summed E-state index contributed by atoms with van der Waals surface area (Å²) in [5, 5.41) is 8.66. The zero-order valence-electron chi connectivity index (χ0n) is 9.58. The minimum atomic E-state index is -0.569. The highest BCUT2D eigenvalue weighted by atomic mass is 79.9. The van der Waals surface area contributed by atoms with Crippen molar-refractivity contribution >= 4 is 21.8 Å². The molecule has 1 amide bonds. The highest BCUT2D eigenvalue weighted by molar-refractivity contribution is 9.10. The lowest BCUT2D eigenvalue weighted by Crippen LogP contribution is -2.31. The largest absolute Gasteiger partial charge is 0.340 e. The standard InChI is InChI=1S/C12H12BrFN2O/c1-8(6-15)7-16(2)12(17)10-4-3-9(13)5-11(10)14/h3-5,8H,7H2,1-2H3/t8-/m1/s1. The van der Waals surface area contributed by atoms with Crippen LogP contribution in [0.3, 0.4) is 0 Å². The van der Waals surface area contributed by atoms with Crippen LogP contribution in [0.4, 0.5) is 4.39 Å². The van der Waals surface area contributed by atoms with E-state index < -0.39 is 11.7 Å². The Hall–Kier alpha value is -1.41. The van der Waals surface area contributed by atoms with Gasteiger partial charge in [-0.15, -0.1) is 0 Å². The highest BCUT2D eigenvalue weighted by Gasteiger charge is 2.17. The molecule has 0 unspecified atom stereocenters. The molecular formula is C12H12BrFN2O. The van der Waals surface area contributed by atoms with Gasteiger partial charge in [0.15, 0.2) is 0 Å². The normalized spacial score (nSPS) is 11.7. The summed E-state index contributed by atoms with van der Waals surface area (Å²) in [4.78, 5) is 13.2. The molecule has 1 rings (SSSR count). The summed E-state index contributed by atoms with van der Waals surface area (Å²) in [5.74, 6) is -1.26. The van der Waals surface area contributed by atoms with Crippen LogP contribution < -0.4 is 0 Å². The van der Waals surface area contributed by atoms with Crippen molar-refractivity contribution < 1.29 is 9.18 Å². The SMILES string of the molecule is C[C@H](C#N)CN(C)C(=O)c1ccc(Br)cc1F. The lowest BCUT2D eigenvalue weighted by Gasteiger charge is -2.18. The molecule has 1 aromatic carbocycles. The molecule has 0 bridgehead atoms. The fourth-order valence-electron chi connectivity index (χ4n) is 1.40. The van der Waals surface area contributed by atoms with Gasteiger partial charge in [0.05, 0.1) is 17.6 Å². The summed E-state index contributed by atoms with van der Waals surface area (Å²) in [6.07, 6.45) is 0. The van der Waals surface area contributed by atoms with Crippen molar-refractivity contribution in [1.29, 1.82) is 5.26 Å². The summed E-state index contributed by atoms with van der Waals surface area (Å²) >= 11 is 3.13. The predicted octanol–water partition coefficient (Wildman–Crippen LogP) is 2.82. The fraction of sp³-hybridized carbons (Fsp3) is 0.333. The predicted molar refractivity (Wildman–Crippen MR) is 65.8 cm³/mol. The average molecular weight is 299 g/mol. The summed E-state index contributed by atoms with van der Waals surface area (Å²) in [6, 6.07) is 6.31. The summed E-state index contributed by atoms with van der Waals surface area (Å²) in [6.45, 7) is 1.99.